The zero-order chi connectivity index (χ0) is 17.8. The zero-order valence-electron chi connectivity index (χ0n) is 13.7. The Morgan fingerprint density at radius 3 is 2.58 bits per heavy atom. The van der Waals surface area contributed by atoms with E-state index in [1.165, 1.54) is 11.4 Å². The first-order chi connectivity index (χ1) is 11.2. The highest BCUT2D eigenvalue weighted by molar-refractivity contribution is 7.92. The van der Waals surface area contributed by atoms with Crippen LogP contribution < -0.4 is 9.03 Å². The van der Waals surface area contributed by atoms with Gasteiger partial charge >= 0.3 is 0 Å². The number of benzene rings is 1. The fraction of sp³-hybridized carbons (Fsp3) is 0.571. The molecule has 0 aliphatic carbocycles. The normalized spacial score (nSPS) is 14.7. The second-order valence-corrected chi connectivity index (χ2v) is 9.20. The van der Waals surface area contributed by atoms with E-state index in [4.69, 9.17) is 9.47 Å². The molecule has 24 heavy (non-hydrogen) atoms. The molecule has 0 unspecified atom stereocenters. The monoisotopic (exact) mass is 378 g/mol. The summed E-state index contributed by atoms with van der Waals surface area (Å²) in [7, 11) is -5.41. The van der Waals surface area contributed by atoms with E-state index < -0.39 is 20.0 Å². The first-order valence-corrected chi connectivity index (χ1v) is 10.9. The van der Waals surface area contributed by atoms with Crippen LogP contribution in [0.3, 0.4) is 0 Å². The maximum Gasteiger partial charge on any atom is 0.235 e. The number of anilines is 2. The van der Waals surface area contributed by atoms with Gasteiger partial charge in [-0.1, -0.05) is 6.07 Å². The average molecular weight is 378 g/mol. The van der Waals surface area contributed by atoms with Crippen LogP contribution in [0.5, 0.6) is 0 Å². The molecule has 136 valence electrons. The van der Waals surface area contributed by atoms with Gasteiger partial charge in [0.1, 0.15) is 0 Å². The molecule has 0 saturated carbocycles. The van der Waals surface area contributed by atoms with Gasteiger partial charge in [-0.15, -0.1) is 0 Å². The number of methoxy groups -OCH3 is 1. The summed E-state index contributed by atoms with van der Waals surface area (Å²) in [4.78, 5) is 0. The lowest BCUT2D eigenvalue weighted by Gasteiger charge is -2.17. The third-order valence-electron chi connectivity index (χ3n) is 3.54. The Kier molecular flexibility index (Phi) is 6.07. The quantitative estimate of drug-likeness (QED) is 0.625. The molecule has 0 radical (unpaired) electrons. The molecular formula is C14H22N2O6S2. The number of rotatable bonds is 9. The Balaban J connectivity index is 2.03. The molecule has 0 saturated heterocycles. The Hall–Kier alpha value is -1.36. The third-order valence-corrected chi connectivity index (χ3v) is 5.97. The zero-order valence-corrected chi connectivity index (χ0v) is 15.3. The van der Waals surface area contributed by atoms with Crippen molar-refractivity contribution >= 4 is 31.4 Å². The van der Waals surface area contributed by atoms with Crippen LogP contribution in [0.4, 0.5) is 11.4 Å². The van der Waals surface area contributed by atoms with Gasteiger partial charge in [-0.25, -0.2) is 16.8 Å². The summed E-state index contributed by atoms with van der Waals surface area (Å²) in [5.74, 6) is -0.191. The van der Waals surface area contributed by atoms with Crippen LogP contribution in [-0.2, 0) is 35.9 Å². The van der Waals surface area contributed by atoms with Crippen molar-refractivity contribution in [2.45, 2.75) is 6.42 Å². The summed E-state index contributed by atoms with van der Waals surface area (Å²) in [6, 6.07) is 4.92. The molecule has 0 spiro atoms. The van der Waals surface area contributed by atoms with Gasteiger partial charge in [0.05, 0.1) is 43.2 Å². The maximum absolute atomic E-state index is 12.1. The van der Waals surface area contributed by atoms with Crippen LogP contribution in [0.15, 0.2) is 18.2 Å². The first-order valence-electron chi connectivity index (χ1n) is 7.41. The summed E-state index contributed by atoms with van der Waals surface area (Å²) < 4.78 is 61.4. The molecule has 0 fully saturated rings. The lowest BCUT2D eigenvalue weighted by atomic mass is 10.1. The number of nitrogens with one attached hydrogen (secondary N) is 1. The summed E-state index contributed by atoms with van der Waals surface area (Å²) in [6.45, 7) is 1.16. The average Bonchev–Trinajstić information content (AvgIpc) is 2.89. The molecule has 1 aromatic carbocycles. The van der Waals surface area contributed by atoms with E-state index in [1.807, 2.05) is 0 Å². The minimum absolute atomic E-state index is 0.0547. The van der Waals surface area contributed by atoms with Crippen molar-refractivity contribution in [1.82, 2.24) is 0 Å². The summed E-state index contributed by atoms with van der Waals surface area (Å²) in [5.41, 5.74) is 1.74. The summed E-state index contributed by atoms with van der Waals surface area (Å²) >= 11 is 0. The van der Waals surface area contributed by atoms with Crippen LogP contribution in [0.2, 0.25) is 0 Å². The number of nitrogens with zero attached hydrogens (tertiary/aromatic N) is 1. The van der Waals surface area contributed by atoms with Crippen molar-refractivity contribution in [1.29, 1.82) is 0 Å². The number of hydrogen-bond acceptors (Lipinski definition) is 6. The molecule has 0 amide bonds. The number of hydrogen-bond donors (Lipinski definition) is 1. The predicted octanol–water partition coefficient (Wildman–Crippen LogP) is 0.413. The van der Waals surface area contributed by atoms with Crippen molar-refractivity contribution in [3.05, 3.63) is 23.8 Å². The third kappa shape index (κ3) is 5.07. The van der Waals surface area contributed by atoms with E-state index in [9.17, 15) is 16.8 Å². The van der Waals surface area contributed by atoms with Crippen molar-refractivity contribution in [3.63, 3.8) is 0 Å². The molecule has 10 heteroatoms. The van der Waals surface area contributed by atoms with Gasteiger partial charge in [0.2, 0.25) is 20.0 Å². The maximum atomic E-state index is 12.1. The lowest BCUT2D eigenvalue weighted by Crippen LogP contribution is -2.27. The van der Waals surface area contributed by atoms with E-state index >= 15 is 0 Å². The molecule has 1 N–H and O–H groups in total. The molecule has 0 bridgehead atoms. The molecule has 1 aliphatic heterocycles. The van der Waals surface area contributed by atoms with Crippen molar-refractivity contribution in [3.8, 4) is 0 Å². The summed E-state index contributed by atoms with van der Waals surface area (Å²) in [5, 5.41) is 0. The van der Waals surface area contributed by atoms with Crippen molar-refractivity contribution in [2.24, 2.45) is 0 Å². The highest BCUT2D eigenvalue weighted by Gasteiger charge is 2.26. The SMILES string of the molecule is COCCOCCS(=O)(=O)Nc1ccc2c(c1)N(S(C)(=O)=O)CC2. The predicted molar refractivity (Wildman–Crippen MR) is 92.4 cm³/mol. The number of fused-ring (bicyclic) bond motifs is 1. The van der Waals surface area contributed by atoms with Gasteiger partial charge in [0.25, 0.3) is 0 Å². The van der Waals surface area contributed by atoms with Crippen LogP contribution in [0.25, 0.3) is 0 Å². The van der Waals surface area contributed by atoms with Crippen LogP contribution in [-0.4, -0.2) is 62.3 Å². The molecule has 0 atom stereocenters. The topological polar surface area (TPSA) is 102 Å². The van der Waals surface area contributed by atoms with Gasteiger partial charge in [-0.3, -0.25) is 9.03 Å². The molecule has 2 rings (SSSR count). The largest absolute Gasteiger partial charge is 0.382 e. The van der Waals surface area contributed by atoms with E-state index in [2.05, 4.69) is 4.72 Å². The van der Waals surface area contributed by atoms with E-state index in [0.717, 1.165) is 11.8 Å². The second kappa shape index (κ2) is 7.68. The Morgan fingerprint density at radius 1 is 1.17 bits per heavy atom. The van der Waals surface area contributed by atoms with Gasteiger partial charge in [-0.2, -0.15) is 0 Å². The van der Waals surface area contributed by atoms with Crippen molar-refractivity contribution in [2.75, 3.05) is 54.5 Å². The van der Waals surface area contributed by atoms with Crippen LogP contribution >= 0.6 is 0 Å². The molecule has 1 aliphatic rings. The Morgan fingerprint density at radius 2 is 1.92 bits per heavy atom. The van der Waals surface area contributed by atoms with E-state index in [-0.39, 0.29) is 12.4 Å². The highest BCUT2D eigenvalue weighted by Crippen LogP contribution is 2.32. The fourth-order valence-electron chi connectivity index (χ4n) is 2.40. The molecular weight excluding hydrogens is 356 g/mol. The van der Waals surface area contributed by atoms with Crippen LogP contribution in [0, 0.1) is 0 Å². The molecule has 1 heterocycles. The Labute approximate surface area is 142 Å². The van der Waals surface area contributed by atoms with Gasteiger partial charge in [-0.05, 0) is 24.1 Å². The minimum atomic E-state index is -3.58. The second-order valence-electron chi connectivity index (χ2n) is 5.45. The standard InChI is InChI=1S/C14H22N2O6S2/c1-21-7-8-22-9-10-24(19,20)15-13-4-3-12-5-6-16(14(12)11-13)23(2,17)18/h3-4,11,15H,5-10H2,1-2H3. The fourth-order valence-corrected chi connectivity index (χ4v) is 4.28. The number of ether oxygens (including phenoxy) is 2. The molecule has 8 nitrogen and oxygen atoms in total. The molecule has 1 aromatic rings. The smallest absolute Gasteiger partial charge is 0.235 e. The number of sulfonamides is 2. The minimum Gasteiger partial charge on any atom is -0.382 e. The highest BCUT2D eigenvalue weighted by atomic mass is 32.2. The van der Waals surface area contributed by atoms with E-state index in [0.29, 0.717) is 37.6 Å². The van der Waals surface area contributed by atoms with Crippen molar-refractivity contribution < 1.29 is 26.3 Å². The first kappa shape index (κ1) is 19.0. The lowest BCUT2D eigenvalue weighted by molar-refractivity contribution is 0.0785. The Bertz CT molecular complexity index is 776. The van der Waals surface area contributed by atoms with E-state index in [1.54, 1.807) is 18.2 Å². The molecule has 0 aromatic heterocycles. The van der Waals surface area contributed by atoms with Gasteiger partial charge in [0.15, 0.2) is 0 Å². The summed E-state index contributed by atoms with van der Waals surface area (Å²) in [6.07, 6.45) is 1.75. The van der Waals surface area contributed by atoms with Gasteiger partial charge < -0.3 is 9.47 Å². The van der Waals surface area contributed by atoms with Crippen LogP contribution in [0.1, 0.15) is 5.56 Å². The van der Waals surface area contributed by atoms with Gasteiger partial charge in [0, 0.05) is 13.7 Å².